The number of halogens is 3. The Hall–Kier alpha value is 0.1000. The highest BCUT2D eigenvalue weighted by Gasteiger charge is 2.32. The zero-order chi connectivity index (χ0) is 9.94. The van der Waals surface area contributed by atoms with E-state index in [2.05, 4.69) is 0 Å². The van der Waals surface area contributed by atoms with E-state index in [0.717, 1.165) is 4.90 Å². The summed E-state index contributed by atoms with van der Waals surface area (Å²) < 4.78 is -1.80. The average molecular weight is 235 g/mol. The van der Waals surface area contributed by atoms with Crippen LogP contribution in [0.5, 0.6) is 0 Å². The number of rotatable bonds is 2. The van der Waals surface area contributed by atoms with Crippen LogP contribution >= 0.6 is 34.8 Å². The number of hydrogen-bond donors (Lipinski definition) is 2. The molecule has 1 unspecified atom stereocenters. The van der Waals surface area contributed by atoms with E-state index in [4.69, 9.17) is 45.6 Å². The normalized spacial score (nSPS) is 14.1. The van der Waals surface area contributed by atoms with Gasteiger partial charge in [-0.25, -0.2) is 4.79 Å². The largest absolute Gasteiger partial charge is 0.387 e. The third kappa shape index (κ3) is 4.21. The summed E-state index contributed by atoms with van der Waals surface area (Å²) in [6, 6.07) is -0.691. The number of aliphatic hydroxyl groups is 1. The van der Waals surface area contributed by atoms with Gasteiger partial charge in [-0.3, -0.25) is 0 Å². The third-order valence-electron chi connectivity index (χ3n) is 1.20. The Morgan fingerprint density at radius 3 is 2.33 bits per heavy atom. The number of likely N-dealkylation sites (N-methyl/N-ethyl adjacent to an activating group) is 1. The fourth-order valence-electron chi connectivity index (χ4n) is 0.453. The van der Waals surface area contributed by atoms with Crippen molar-refractivity contribution in [1.29, 1.82) is 0 Å². The Labute approximate surface area is 85.2 Å². The molecule has 12 heavy (non-hydrogen) atoms. The molecule has 0 saturated carbocycles. The van der Waals surface area contributed by atoms with Crippen molar-refractivity contribution in [3.8, 4) is 0 Å². The maximum absolute atomic E-state index is 10.5. The van der Waals surface area contributed by atoms with E-state index in [-0.39, 0.29) is 6.54 Å². The smallest absolute Gasteiger partial charge is 0.314 e. The monoisotopic (exact) mass is 234 g/mol. The summed E-state index contributed by atoms with van der Waals surface area (Å²) in [5, 5.41) is 9.16. The van der Waals surface area contributed by atoms with Gasteiger partial charge in [-0.1, -0.05) is 34.8 Å². The minimum absolute atomic E-state index is 0.119. The van der Waals surface area contributed by atoms with E-state index in [0.29, 0.717) is 0 Å². The number of carbonyl (C=O) groups excluding carboxylic acids is 1. The second-order valence-electron chi connectivity index (χ2n) is 2.28. The molecule has 0 spiro atoms. The van der Waals surface area contributed by atoms with E-state index >= 15 is 0 Å². The average Bonchev–Trinajstić information content (AvgIpc) is 1.85. The van der Waals surface area contributed by atoms with Gasteiger partial charge in [0.15, 0.2) is 0 Å². The standard InChI is InChI=1S/C5H9Cl3N2O2/c1-10(4(9)12)2-3(11)5(6,7)8/h3,11H,2H2,1H3,(H2,9,12). The first-order valence-corrected chi connectivity index (χ1v) is 4.14. The Balaban J connectivity index is 4.01. The van der Waals surface area contributed by atoms with E-state index < -0.39 is 15.9 Å². The van der Waals surface area contributed by atoms with Crippen LogP contribution in [0, 0.1) is 0 Å². The van der Waals surface area contributed by atoms with Crippen LogP contribution in [0.15, 0.2) is 0 Å². The fourth-order valence-corrected chi connectivity index (χ4v) is 0.660. The van der Waals surface area contributed by atoms with Crippen molar-refractivity contribution in [2.45, 2.75) is 9.90 Å². The summed E-state index contributed by atoms with van der Waals surface area (Å²) >= 11 is 16.0. The molecule has 7 heteroatoms. The van der Waals surface area contributed by atoms with Gasteiger partial charge in [-0.2, -0.15) is 0 Å². The van der Waals surface area contributed by atoms with Crippen LogP contribution in [0.2, 0.25) is 0 Å². The Kier molecular flexibility index (Phi) is 4.40. The van der Waals surface area contributed by atoms with Crippen molar-refractivity contribution in [3.63, 3.8) is 0 Å². The zero-order valence-corrected chi connectivity index (χ0v) is 8.57. The zero-order valence-electron chi connectivity index (χ0n) is 6.30. The molecule has 1 atom stereocenters. The SMILES string of the molecule is CN(CC(O)C(Cl)(Cl)Cl)C(N)=O. The number of carbonyl (C=O) groups is 1. The molecule has 0 aliphatic rings. The first-order chi connectivity index (χ1) is 5.25. The van der Waals surface area contributed by atoms with Crippen LogP contribution < -0.4 is 5.73 Å². The molecule has 0 saturated heterocycles. The van der Waals surface area contributed by atoms with Crippen LogP contribution in [0.25, 0.3) is 0 Å². The van der Waals surface area contributed by atoms with Crippen molar-refractivity contribution in [2.24, 2.45) is 5.73 Å². The second kappa shape index (κ2) is 4.37. The third-order valence-corrected chi connectivity index (χ3v) is 1.96. The number of nitrogens with two attached hydrogens (primary N) is 1. The van der Waals surface area contributed by atoms with Gasteiger partial charge < -0.3 is 15.7 Å². The van der Waals surface area contributed by atoms with Crippen LogP contribution in [0.1, 0.15) is 0 Å². The summed E-state index contributed by atoms with van der Waals surface area (Å²) in [6.07, 6.45) is -1.25. The lowest BCUT2D eigenvalue weighted by Crippen LogP contribution is -2.42. The molecular formula is C5H9Cl3N2O2. The highest BCUT2D eigenvalue weighted by Crippen LogP contribution is 2.30. The van der Waals surface area contributed by atoms with E-state index in [9.17, 15) is 4.79 Å². The molecule has 0 aliphatic carbocycles. The molecule has 0 aromatic rings. The van der Waals surface area contributed by atoms with E-state index in [1.54, 1.807) is 0 Å². The lowest BCUT2D eigenvalue weighted by molar-refractivity contribution is 0.136. The van der Waals surface area contributed by atoms with Crippen LogP contribution in [0.3, 0.4) is 0 Å². The number of urea groups is 1. The van der Waals surface area contributed by atoms with Crippen molar-refractivity contribution >= 4 is 40.8 Å². The van der Waals surface area contributed by atoms with Crippen molar-refractivity contribution in [1.82, 2.24) is 4.90 Å². The van der Waals surface area contributed by atoms with E-state index in [1.165, 1.54) is 7.05 Å². The molecule has 0 radical (unpaired) electrons. The number of aliphatic hydroxyl groups excluding tert-OH is 1. The highest BCUT2D eigenvalue weighted by molar-refractivity contribution is 6.68. The van der Waals surface area contributed by atoms with Gasteiger partial charge in [-0.05, 0) is 0 Å². The predicted molar refractivity (Wildman–Crippen MR) is 48.5 cm³/mol. The minimum atomic E-state index is -1.80. The van der Waals surface area contributed by atoms with Crippen LogP contribution in [0.4, 0.5) is 4.79 Å². The maximum Gasteiger partial charge on any atom is 0.314 e. The minimum Gasteiger partial charge on any atom is -0.387 e. The molecule has 0 aliphatic heterocycles. The van der Waals surface area contributed by atoms with Gasteiger partial charge in [0.05, 0.1) is 6.54 Å². The second-order valence-corrected chi connectivity index (χ2v) is 4.65. The van der Waals surface area contributed by atoms with Crippen molar-refractivity contribution in [2.75, 3.05) is 13.6 Å². The van der Waals surface area contributed by atoms with Crippen LogP contribution in [-0.4, -0.2) is 39.5 Å². The predicted octanol–water partition coefficient (Wildman–Crippen LogP) is 0.728. The lowest BCUT2D eigenvalue weighted by atomic mass is 10.4. The first kappa shape index (κ1) is 12.1. The van der Waals surface area contributed by atoms with Gasteiger partial charge in [-0.15, -0.1) is 0 Å². The summed E-state index contributed by atoms with van der Waals surface area (Å²) in [6.45, 7) is -0.119. The molecule has 0 rings (SSSR count). The van der Waals surface area contributed by atoms with E-state index in [1.807, 2.05) is 0 Å². The maximum atomic E-state index is 10.5. The highest BCUT2D eigenvalue weighted by atomic mass is 35.6. The Bertz CT molecular complexity index is 171. The number of alkyl halides is 3. The van der Waals surface area contributed by atoms with Gasteiger partial charge >= 0.3 is 6.03 Å². The van der Waals surface area contributed by atoms with Gasteiger partial charge in [0, 0.05) is 7.05 Å². The summed E-state index contributed by atoms with van der Waals surface area (Å²) in [4.78, 5) is 11.5. The Morgan fingerprint density at radius 1 is 1.67 bits per heavy atom. The van der Waals surface area contributed by atoms with Crippen LogP contribution in [-0.2, 0) is 0 Å². The molecule has 0 fully saturated rings. The number of primary amides is 1. The summed E-state index contributed by atoms with van der Waals surface area (Å²) in [5.74, 6) is 0. The molecule has 72 valence electrons. The van der Waals surface area contributed by atoms with Crippen molar-refractivity contribution in [3.05, 3.63) is 0 Å². The summed E-state index contributed by atoms with van der Waals surface area (Å²) in [7, 11) is 1.39. The molecular weight excluding hydrogens is 226 g/mol. The van der Waals surface area contributed by atoms with Gasteiger partial charge in [0.2, 0.25) is 3.79 Å². The Morgan fingerprint density at radius 2 is 2.08 bits per heavy atom. The number of hydrogen-bond acceptors (Lipinski definition) is 2. The molecule has 4 nitrogen and oxygen atoms in total. The molecule has 0 bridgehead atoms. The van der Waals surface area contributed by atoms with Gasteiger partial charge in [0.1, 0.15) is 6.10 Å². The van der Waals surface area contributed by atoms with Gasteiger partial charge in [0.25, 0.3) is 0 Å². The molecule has 0 aromatic carbocycles. The molecule has 3 N–H and O–H groups in total. The number of amides is 2. The fraction of sp³-hybridized carbons (Fsp3) is 0.800. The lowest BCUT2D eigenvalue weighted by Gasteiger charge is -2.23. The quantitative estimate of drug-likeness (QED) is 0.693. The molecule has 0 aromatic heterocycles. The molecule has 0 heterocycles. The summed E-state index contributed by atoms with van der Waals surface area (Å²) in [5.41, 5.74) is 4.87. The van der Waals surface area contributed by atoms with Crippen molar-refractivity contribution < 1.29 is 9.90 Å². The topological polar surface area (TPSA) is 66.6 Å². The molecule has 2 amide bonds. The number of nitrogens with zero attached hydrogens (tertiary/aromatic N) is 1. The first-order valence-electron chi connectivity index (χ1n) is 3.00.